The summed E-state index contributed by atoms with van der Waals surface area (Å²) in [5.41, 5.74) is 0.233. The van der Waals surface area contributed by atoms with Crippen LogP contribution in [0.25, 0.3) is 0 Å². The first-order valence-electron chi connectivity index (χ1n) is 5.39. The molecule has 0 atom stereocenters. The van der Waals surface area contributed by atoms with Crippen molar-refractivity contribution >= 4 is 17.7 Å². The molecule has 94 valence electrons. The average Bonchev–Trinajstić information content (AvgIpc) is 2.34. The fourth-order valence-electron chi connectivity index (χ4n) is 1.24. The number of benzene rings is 1. The Hall–Kier alpha value is -1.20. The van der Waals surface area contributed by atoms with E-state index in [-0.39, 0.29) is 12.2 Å². The van der Waals surface area contributed by atoms with Crippen LogP contribution in [0, 0.1) is 0 Å². The van der Waals surface area contributed by atoms with Crippen molar-refractivity contribution in [3.63, 3.8) is 0 Å². The molecular formula is C12H16O4S. The molecule has 1 rings (SSSR count). The third-order valence-electron chi connectivity index (χ3n) is 2.02. The molecule has 2 N–H and O–H groups in total. The monoisotopic (exact) mass is 256 g/mol. The molecule has 17 heavy (non-hydrogen) atoms. The molecule has 0 saturated heterocycles. The van der Waals surface area contributed by atoms with Gasteiger partial charge in [0.15, 0.2) is 0 Å². The molecule has 0 saturated carbocycles. The number of carbonyl (C=O) groups is 1. The fourth-order valence-corrected chi connectivity index (χ4v) is 1.89. The van der Waals surface area contributed by atoms with Crippen LogP contribution in [0.2, 0.25) is 0 Å². The zero-order valence-corrected chi connectivity index (χ0v) is 10.3. The van der Waals surface area contributed by atoms with Gasteiger partial charge in [0.2, 0.25) is 0 Å². The highest BCUT2D eigenvalue weighted by Crippen LogP contribution is 2.13. The third kappa shape index (κ3) is 5.60. The summed E-state index contributed by atoms with van der Waals surface area (Å²) in [4.78, 5) is 10.7. The molecule has 0 amide bonds. The van der Waals surface area contributed by atoms with Crippen LogP contribution in [0.15, 0.2) is 24.3 Å². The van der Waals surface area contributed by atoms with E-state index in [1.807, 2.05) is 0 Å². The average molecular weight is 256 g/mol. The van der Waals surface area contributed by atoms with Crippen LogP contribution < -0.4 is 4.74 Å². The number of ether oxygens (including phenoxy) is 1. The lowest BCUT2D eigenvalue weighted by Crippen LogP contribution is -2.01. The Morgan fingerprint density at radius 3 is 2.88 bits per heavy atom. The van der Waals surface area contributed by atoms with Crippen molar-refractivity contribution in [3.8, 4) is 5.75 Å². The zero-order chi connectivity index (χ0) is 12.5. The molecule has 0 heterocycles. The van der Waals surface area contributed by atoms with Crippen molar-refractivity contribution in [1.82, 2.24) is 0 Å². The van der Waals surface area contributed by atoms with E-state index in [2.05, 4.69) is 0 Å². The first-order chi connectivity index (χ1) is 8.24. The Balaban J connectivity index is 2.27. The number of hydrogen-bond donors (Lipinski definition) is 2. The first-order valence-corrected chi connectivity index (χ1v) is 6.54. The molecule has 5 heteroatoms. The second-order valence-electron chi connectivity index (χ2n) is 3.37. The van der Waals surface area contributed by atoms with Crippen LogP contribution in [0.3, 0.4) is 0 Å². The van der Waals surface area contributed by atoms with Crippen LogP contribution >= 0.6 is 11.8 Å². The van der Waals surface area contributed by atoms with Crippen molar-refractivity contribution in [2.45, 2.75) is 6.42 Å². The lowest BCUT2D eigenvalue weighted by atomic mass is 10.2. The van der Waals surface area contributed by atoms with Gasteiger partial charge in [-0.05, 0) is 30.4 Å². The number of rotatable bonds is 8. The van der Waals surface area contributed by atoms with E-state index < -0.39 is 5.97 Å². The maximum atomic E-state index is 10.7. The van der Waals surface area contributed by atoms with Crippen molar-refractivity contribution in [3.05, 3.63) is 29.8 Å². The number of carboxylic acids is 1. The van der Waals surface area contributed by atoms with E-state index in [0.717, 1.165) is 17.9 Å². The number of thioether (sulfide) groups is 1. The summed E-state index contributed by atoms with van der Waals surface area (Å²) in [6, 6.07) is 6.46. The Labute approximate surface area is 105 Å². The lowest BCUT2D eigenvalue weighted by molar-refractivity contribution is 0.0696. The molecule has 0 aromatic heterocycles. The predicted molar refractivity (Wildman–Crippen MR) is 67.9 cm³/mol. The molecule has 0 fully saturated rings. The highest BCUT2D eigenvalue weighted by atomic mass is 32.2. The predicted octanol–water partition coefficient (Wildman–Crippen LogP) is 1.88. The lowest BCUT2D eigenvalue weighted by Gasteiger charge is -2.06. The summed E-state index contributed by atoms with van der Waals surface area (Å²) in [6.07, 6.45) is 0.877. The molecule has 1 aromatic carbocycles. The van der Waals surface area contributed by atoms with Crippen LogP contribution in [0.4, 0.5) is 0 Å². The quantitative estimate of drug-likeness (QED) is 0.695. The zero-order valence-electron chi connectivity index (χ0n) is 9.46. The van der Waals surface area contributed by atoms with Crippen molar-refractivity contribution in [2.24, 2.45) is 0 Å². The van der Waals surface area contributed by atoms with Crippen LogP contribution in [-0.2, 0) is 0 Å². The summed E-state index contributed by atoms with van der Waals surface area (Å²) in [5, 5.41) is 17.4. The molecule has 4 nitrogen and oxygen atoms in total. The number of aliphatic hydroxyl groups is 1. The van der Waals surface area contributed by atoms with Gasteiger partial charge < -0.3 is 14.9 Å². The summed E-state index contributed by atoms with van der Waals surface area (Å²) in [5.74, 6) is 1.30. The molecular weight excluding hydrogens is 240 g/mol. The summed E-state index contributed by atoms with van der Waals surface area (Å²) >= 11 is 1.67. The summed E-state index contributed by atoms with van der Waals surface area (Å²) in [7, 11) is 0. The van der Waals surface area contributed by atoms with Gasteiger partial charge in [0.25, 0.3) is 0 Å². The van der Waals surface area contributed by atoms with Crippen molar-refractivity contribution in [1.29, 1.82) is 0 Å². The van der Waals surface area contributed by atoms with Gasteiger partial charge in [-0.2, -0.15) is 11.8 Å². The maximum absolute atomic E-state index is 10.7. The minimum Gasteiger partial charge on any atom is -0.494 e. The number of aliphatic hydroxyl groups excluding tert-OH is 1. The summed E-state index contributed by atoms with van der Waals surface area (Å²) < 4.78 is 5.44. The van der Waals surface area contributed by atoms with Gasteiger partial charge in [0.05, 0.1) is 18.8 Å². The summed E-state index contributed by atoms with van der Waals surface area (Å²) in [6.45, 7) is 0.758. The minimum absolute atomic E-state index is 0.201. The highest BCUT2D eigenvalue weighted by molar-refractivity contribution is 7.99. The fraction of sp³-hybridized carbons (Fsp3) is 0.417. The van der Waals surface area contributed by atoms with E-state index in [1.165, 1.54) is 12.1 Å². The smallest absolute Gasteiger partial charge is 0.335 e. The standard InChI is InChI=1S/C12H16O4S/c13-5-8-17-7-2-6-16-11-4-1-3-10(9-11)12(14)15/h1,3-4,9,13H,2,5-8H2,(H,14,15). The molecule has 0 aliphatic carbocycles. The Kier molecular flexibility index (Phi) is 6.50. The minimum atomic E-state index is -0.950. The van der Waals surface area contributed by atoms with Crippen LogP contribution in [0.1, 0.15) is 16.8 Å². The van der Waals surface area contributed by atoms with E-state index >= 15 is 0 Å². The number of carboxylic acid groups (broad SMARTS) is 1. The topological polar surface area (TPSA) is 66.8 Å². The van der Waals surface area contributed by atoms with Crippen LogP contribution in [0.5, 0.6) is 5.75 Å². The van der Waals surface area contributed by atoms with E-state index in [0.29, 0.717) is 12.4 Å². The van der Waals surface area contributed by atoms with E-state index in [4.69, 9.17) is 14.9 Å². The highest BCUT2D eigenvalue weighted by Gasteiger charge is 2.03. The van der Waals surface area contributed by atoms with Gasteiger partial charge in [-0.15, -0.1) is 0 Å². The first kappa shape index (κ1) is 13.9. The third-order valence-corrected chi connectivity index (χ3v) is 3.07. The largest absolute Gasteiger partial charge is 0.494 e. The van der Waals surface area contributed by atoms with Gasteiger partial charge in [-0.25, -0.2) is 4.79 Å². The molecule has 1 aromatic rings. The van der Waals surface area contributed by atoms with Crippen LogP contribution in [-0.4, -0.2) is 40.9 Å². The SMILES string of the molecule is O=C(O)c1cccc(OCCCSCCO)c1. The number of aromatic carboxylic acids is 1. The van der Waals surface area contributed by atoms with Gasteiger partial charge in [-0.1, -0.05) is 6.07 Å². The Bertz CT molecular complexity index is 354. The van der Waals surface area contributed by atoms with Gasteiger partial charge >= 0.3 is 5.97 Å². The second kappa shape index (κ2) is 7.97. The van der Waals surface area contributed by atoms with Crippen molar-refractivity contribution in [2.75, 3.05) is 24.7 Å². The molecule has 0 spiro atoms. The Morgan fingerprint density at radius 2 is 2.18 bits per heavy atom. The number of hydrogen-bond acceptors (Lipinski definition) is 4. The van der Waals surface area contributed by atoms with Gasteiger partial charge in [-0.3, -0.25) is 0 Å². The van der Waals surface area contributed by atoms with E-state index in [9.17, 15) is 4.79 Å². The normalized spacial score (nSPS) is 10.2. The van der Waals surface area contributed by atoms with Gasteiger partial charge in [0, 0.05) is 5.75 Å². The van der Waals surface area contributed by atoms with Gasteiger partial charge in [0.1, 0.15) is 5.75 Å². The molecule has 0 unspecified atom stereocenters. The maximum Gasteiger partial charge on any atom is 0.335 e. The molecule has 0 aliphatic heterocycles. The molecule has 0 bridgehead atoms. The Morgan fingerprint density at radius 1 is 1.35 bits per heavy atom. The second-order valence-corrected chi connectivity index (χ2v) is 4.60. The molecule has 0 aliphatic rings. The molecule has 0 radical (unpaired) electrons. The van der Waals surface area contributed by atoms with Crippen molar-refractivity contribution < 1.29 is 19.7 Å². The van der Waals surface area contributed by atoms with E-state index in [1.54, 1.807) is 23.9 Å².